The van der Waals surface area contributed by atoms with E-state index >= 15 is 0 Å². The molecular weight excluding hydrogens is 452 g/mol. The van der Waals surface area contributed by atoms with Crippen molar-refractivity contribution in [2.75, 3.05) is 31.6 Å². The summed E-state index contributed by atoms with van der Waals surface area (Å²) >= 11 is 0. The Morgan fingerprint density at radius 3 is 2.50 bits per heavy atom. The van der Waals surface area contributed by atoms with Crippen LogP contribution in [-0.4, -0.2) is 54.9 Å². The van der Waals surface area contributed by atoms with Crippen LogP contribution in [0, 0.1) is 0 Å². The van der Waals surface area contributed by atoms with Crippen molar-refractivity contribution >= 4 is 32.5 Å². The summed E-state index contributed by atoms with van der Waals surface area (Å²) in [6, 6.07) is 20.9. The number of nitrogens with one attached hydrogen (secondary N) is 1. The Morgan fingerprint density at radius 1 is 0.912 bits per heavy atom. The van der Waals surface area contributed by atoms with E-state index in [1.54, 1.807) is 24.4 Å². The van der Waals surface area contributed by atoms with Gasteiger partial charge in [-0.15, -0.1) is 0 Å². The second-order valence-electron chi connectivity index (χ2n) is 7.79. The van der Waals surface area contributed by atoms with Gasteiger partial charge in [0.15, 0.2) is 0 Å². The summed E-state index contributed by atoms with van der Waals surface area (Å²) < 4.78 is 32.7. The Bertz CT molecular complexity index is 1450. The van der Waals surface area contributed by atoms with Crippen molar-refractivity contribution in [2.45, 2.75) is 4.90 Å². The van der Waals surface area contributed by atoms with Gasteiger partial charge >= 0.3 is 0 Å². The van der Waals surface area contributed by atoms with E-state index in [-0.39, 0.29) is 10.8 Å². The molecule has 1 aliphatic heterocycles. The monoisotopic (exact) mass is 474 g/mol. The standard InChI is InChI=1S/C25H22N4O4S/c30-25(27-18-6-5-7-19(16-18)34(31,32)29-12-14-33-15-13-29)21-17-24(23-10-3-4-11-26-23)28-22-9-2-1-8-20(21)22/h1-11,16-17H,12-15H2,(H,27,30). The van der Waals surface area contributed by atoms with Crippen molar-refractivity contribution in [3.63, 3.8) is 0 Å². The van der Waals surface area contributed by atoms with E-state index in [9.17, 15) is 13.2 Å². The van der Waals surface area contributed by atoms with Crippen LogP contribution >= 0.6 is 0 Å². The van der Waals surface area contributed by atoms with Crippen LogP contribution in [0.3, 0.4) is 0 Å². The van der Waals surface area contributed by atoms with Crippen LogP contribution < -0.4 is 5.32 Å². The first-order chi connectivity index (χ1) is 16.5. The fourth-order valence-electron chi connectivity index (χ4n) is 3.88. The van der Waals surface area contributed by atoms with Crippen LogP contribution in [0.2, 0.25) is 0 Å². The molecular formula is C25H22N4O4S. The van der Waals surface area contributed by atoms with Gasteiger partial charge in [-0.25, -0.2) is 13.4 Å². The molecule has 0 saturated carbocycles. The largest absolute Gasteiger partial charge is 0.379 e. The van der Waals surface area contributed by atoms with Crippen LogP contribution in [-0.2, 0) is 14.8 Å². The summed E-state index contributed by atoms with van der Waals surface area (Å²) in [4.78, 5) is 22.5. The molecule has 2 aromatic heterocycles. The lowest BCUT2D eigenvalue weighted by Crippen LogP contribution is -2.40. The second-order valence-corrected chi connectivity index (χ2v) is 9.72. The van der Waals surface area contributed by atoms with Crippen LogP contribution in [0.1, 0.15) is 10.4 Å². The van der Waals surface area contributed by atoms with Gasteiger partial charge in [0, 0.05) is 30.4 Å². The number of hydrogen-bond acceptors (Lipinski definition) is 6. The summed E-state index contributed by atoms with van der Waals surface area (Å²) in [5.74, 6) is -0.364. The van der Waals surface area contributed by atoms with Crippen molar-refractivity contribution in [3.05, 3.63) is 84.6 Å². The molecule has 34 heavy (non-hydrogen) atoms. The van der Waals surface area contributed by atoms with E-state index in [4.69, 9.17) is 4.74 Å². The number of fused-ring (bicyclic) bond motifs is 1. The van der Waals surface area contributed by atoms with E-state index in [1.807, 2.05) is 42.5 Å². The van der Waals surface area contributed by atoms with Crippen molar-refractivity contribution in [3.8, 4) is 11.4 Å². The highest BCUT2D eigenvalue weighted by atomic mass is 32.2. The number of aromatic nitrogens is 2. The van der Waals surface area contributed by atoms with Gasteiger partial charge < -0.3 is 10.1 Å². The molecule has 0 unspecified atom stereocenters. The van der Waals surface area contributed by atoms with Crippen LogP contribution in [0.15, 0.2) is 83.9 Å². The molecule has 4 aromatic rings. The third kappa shape index (κ3) is 4.41. The Labute approximate surface area is 197 Å². The maximum atomic E-state index is 13.3. The zero-order chi connectivity index (χ0) is 23.5. The molecule has 1 amide bonds. The number of para-hydroxylation sites is 1. The molecule has 3 heterocycles. The molecule has 0 bridgehead atoms. The highest BCUT2D eigenvalue weighted by Crippen LogP contribution is 2.26. The average Bonchev–Trinajstić information content (AvgIpc) is 2.89. The first kappa shape index (κ1) is 22.1. The predicted octanol–water partition coefficient (Wildman–Crippen LogP) is 3.57. The number of anilines is 1. The Morgan fingerprint density at radius 2 is 1.71 bits per heavy atom. The van der Waals surface area contributed by atoms with E-state index < -0.39 is 10.0 Å². The van der Waals surface area contributed by atoms with Crippen molar-refractivity contribution in [1.29, 1.82) is 0 Å². The lowest BCUT2D eigenvalue weighted by atomic mass is 10.1. The van der Waals surface area contributed by atoms with Gasteiger partial charge in [-0.2, -0.15) is 4.31 Å². The van der Waals surface area contributed by atoms with E-state index in [1.165, 1.54) is 16.4 Å². The number of benzene rings is 2. The SMILES string of the molecule is O=C(Nc1cccc(S(=O)(=O)N2CCOCC2)c1)c1cc(-c2ccccn2)nc2ccccc12. The molecule has 0 spiro atoms. The molecule has 9 heteroatoms. The van der Waals surface area contributed by atoms with Crippen LogP contribution in [0.5, 0.6) is 0 Å². The molecule has 1 N–H and O–H groups in total. The zero-order valence-electron chi connectivity index (χ0n) is 18.2. The van der Waals surface area contributed by atoms with Gasteiger partial charge in [-0.3, -0.25) is 9.78 Å². The maximum absolute atomic E-state index is 13.3. The fraction of sp³-hybridized carbons (Fsp3) is 0.160. The normalized spacial score (nSPS) is 14.7. The first-order valence-corrected chi connectivity index (χ1v) is 12.3. The molecule has 1 fully saturated rings. The number of carbonyl (C=O) groups excluding carboxylic acids is 1. The number of pyridine rings is 2. The zero-order valence-corrected chi connectivity index (χ0v) is 19.0. The molecule has 2 aromatic carbocycles. The maximum Gasteiger partial charge on any atom is 0.256 e. The van der Waals surface area contributed by atoms with Gasteiger partial charge in [-0.1, -0.05) is 30.3 Å². The fourth-order valence-corrected chi connectivity index (χ4v) is 5.33. The molecule has 1 aliphatic rings. The number of morpholine rings is 1. The number of carbonyl (C=O) groups is 1. The molecule has 5 rings (SSSR count). The summed E-state index contributed by atoms with van der Waals surface area (Å²) in [5.41, 5.74) is 2.71. The van der Waals surface area contributed by atoms with Crippen LogP contribution in [0.4, 0.5) is 5.69 Å². The third-order valence-corrected chi connectivity index (χ3v) is 7.48. The van der Waals surface area contributed by atoms with Crippen molar-refractivity contribution in [1.82, 2.24) is 14.3 Å². The summed E-state index contributed by atoms with van der Waals surface area (Å²) in [7, 11) is -3.68. The van der Waals surface area contributed by atoms with Crippen molar-refractivity contribution in [2.24, 2.45) is 0 Å². The summed E-state index contributed by atoms with van der Waals surface area (Å²) in [6.07, 6.45) is 1.67. The number of sulfonamides is 1. The van der Waals surface area contributed by atoms with Crippen LogP contribution in [0.25, 0.3) is 22.3 Å². The Kier molecular flexibility index (Phi) is 6.06. The predicted molar refractivity (Wildman–Crippen MR) is 129 cm³/mol. The molecule has 0 atom stereocenters. The minimum absolute atomic E-state index is 0.126. The third-order valence-electron chi connectivity index (χ3n) is 5.59. The minimum atomic E-state index is -3.68. The Balaban J connectivity index is 1.48. The molecule has 8 nitrogen and oxygen atoms in total. The van der Waals surface area contributed by atoms with Gasteiger partial charge in [0.1, 0.15) is 0 Å². The second kappa shape index (κ2) is 9.30. The van der Waals surface area contributed by atoms with Crippen molar-refractivity contribution < 1.29 is 17.9 Å². The molecule has 1 saturated heterocycles. The van der Waals surface area contributed by atoms with Gasteiger partial charge in [0.25, 0.3) is 5.91 Å². The van der Waals surface area contributed by atoms with Gasteiger partial charge in [0.2, 0.25) is 10.0 Å². The average molecular weight is 475 g/mol. The molecule has 0 radical (unpaired) electrons. The summed E-state index contributed by atoms with van der Waals surface area (Å²) in [5, 5.41) is 3.54. The number of ether oxygens (including phenoxy) is 1. The molecule has 0 aliphatic carbocycles. The lowest BCUT2D eigenvalue weighted by Gasteiger charge is -2.26. The van der Waals surface area contributed by atoms with Gasteiger partial charge in [-0.05, 0) is 42.5 Å². The highest BCUT2D eigenvalue weighted by molar-refractivity contribution is 7.89. The Hall–Kier alpha value is -3.66. The first-order valence-electron chi connectivity index (χ1n) is 10.8. The number of amides is 1. The highest BCUT2D eigenvalue weighted by Gasteiger charge is 2.26. The lowest BCUT2D eigenvalue weighted by molar-refractivity contribution is 0.0730. The van der Waals surface area contributed by atoms with E-state index in [2.05, 4.69) is 15.3 Å². The molecule has 172 valence electrons. The minimum Gasteiger partial charge on any atom is -0.379 e. The smallest absolute Gasteiger partial charge is 0.256 e. The topological polar surface area (TPSA) is 101 Å². The van der Waals surface area contributed by atoms with E-state index in [0.29, 0.717) is 59.8 Å². The number of rotatable bonds is 5. The quantitative estimate of drug-likeness (QED) is 0.475. The van der Waals surface area contributed by atoms with E-state index in [0.717, 1.165) is 0 Å². The van der Waals surface area contributed by atoms with Gasteiger partial charge in [0.05, 0.1) is 40.6 Å². The summed E-state index contributed by atoms with van der Waals surface area (Å²) in [6.45, 7) is 1.34. The number of hydrogen-bond donors (Lipinski definition) is 1. The number of nitrogens with zero attached hydrogens (tertiary/aromatic N) is 3.